The maximum atomic E-state index is 11.8. The molecule has 0 radical (unpaired) electrons. The Kier molecular flexibility index (Phi) is 9.08. The molecule has 1 rings (SSSR count). The molecule has 0 aliphatic heterocycles. The van der Waals surface area contributed by atoms with E-state index in [9.17, 15) is 14.4 Å². The van der Waals surface area contributed by atoms with Crippen molar-refractivity contribution in [1.82, 2.24) is 5.32 Å². The van der Waals surface area contributed by atoms with Gasteiger partial charge >= 0.3 is 18.0 Å². The molecule has 8 heteroatoms. The van der Waals surface area contributed by atoms with E-state index >= 15 is 0 Å². The average molecular weight is 400 g/mol. The molecule has 0 spiro atoms. The Bertz CT molecular complexity index is 639. The average Bonchev–Trinajstić information content (AvgIpc) is 2.59. The van der Waals surface area contributed by atoms with Gasteiger partial charge in [0, 0.05) is 24.4 Å². The van der Waals surface area contributed by atoms with Crippen LogP contribution in [0.1, 0.15) is 47.0 Å². The van der Waals surface area contributed by atoms with Crippen molar-refractivity contribution in [1.29, 1.82) is 0 Å². The highest BCUT2D eigenvalue weighted by Gasteiger charge is 2.27. The van der Waals surface area contributed by atoms with Crippen LogP contribution in [-0.2, 0) is 19.1 Å². The van der Waals surface area contributed by atoms with Crippen molar-refractivity contribution in [3.05, 3.63) is 29.3 Å². The van der Waals surface area contributed by atoms with Crippen LogP contribution in [0.2, 0.25) is 5.02 Å². The number of hydrogen-bond acceptors (Lipinski definition) is 6. The molecular formula is C19H26ClNO6. The minimum atomic E-state index is -0.952. The summed E-state index contributed by atoms with van der Waals surface area (Å²) in [5, 5.41) is 3.06. The summed E-state index contributed by atoms with van der Waals surface area (Å²) < 4.78 is 15.3. The third-order valence-corrected chi connectivity index (χ3v) is 3.55. The first-order valence-corrected chi connectivity index (χ1v) is 9.11. The van der Waals surface area contributed by atoms with E-state index in [1.807, 2.05) is 0 Å². The molecule has 1 aromatic rings. The largest absolute Gasteiger partial charge is 0.427 e. The lowest BCUT2D eigenvalue weighted by Crippen LogP contribution is -2.34. The van der Waals surface area contributed by atoms with E-state index in [-0.39, 0.29) is 13.0 Å². The maximum absolute atomic E-state index is 11.8. The smallest absolute Gasteiger partial charge is 0.410 e. The molecule has 150 valence electrons. The molecule has 7 nitrogen and oxygen atoms in total. The molecule has 0 aliphatic carbocycles. The molecule has 0 fully saturated rings. The predicted molar refractivity (Wildman–Crippen MR) is 100 cm³/mol. The van der Waals surface area contributed by atoms with E-state index < -0.39 is 29.7 Å². The molecule has 27 heavy (non-hydrogen) atoms. The number of carbonyl (C=O) groups is 3. The number of halogens is 1. The highest BCUT2D eigenvalue weighted by molar-refractivity contribution is 6.30. The summed E-state index contributed by atoms with van der Waals surface area (Å²) in [5.74, 6) is -0.464. The number of amides is 1. The summed E-state index contributed by atoms with van der Waals surface area (Å²) in [5.41, 5.74) is -0.683. The summed E-state index contributed by atoms with van der Waals surface area (Å²) in [6.07, 6.45) is -0.830. The van der Waals surface area contributed by atoms with Crippen LogP contribution in [0.4, 0.5) is 4.79 Å². The number of hydrogen-bond donors (Lipinski definition) is 1. The fraction of sp³-hybridized carbons (Fsp3) is 0.526. The van der Waals surface area contributed by atoms with Crippen molar-refractivity contribution >= 4 is 29.6 Å². The lowest BCUT2D eigenvalue weighted by Gasteiger charge is -2.22. The minimum Gasteiger partial charge on any atom is -0.427 e. The van der Waals surface area contributed by atoms with Gasteiger partial charge in [-0.25, -0.2) is 4.79 Å². The second kappa shape index (κ2) is 10.8. The second-order valence-corrected chi connectivity index (χ2v) is 7.29. The zero-order chi connectivity index (χ0) is 20.4. The van der Waals surface area contributed by atoms with Crippen molar-refractivity contribution in [2.24, 2.45) is 5.41 Å². The zero-order valence-electron chi connectivity index (χ0n) is 16.0. The van der Waals surface area contributed by atoms with Crippen molar-refractivity contribution < 1.29 is 28.6 Å². The van der Waals surface area contributed by atoms with Crippen LogP contribution < -0.4 is 10.1 Å². The van der Waals surface area contributed by atoms with E-state index in [2.05, 4.69) is 5.32 Å². The minimum absolute atomic E-state index is 0.124. The molecule has 1 unspecified atom stereocenters. The first-order chi connectivity index (χ1) is 12.6. The highest BCUT2D eigenvalue weighted by atomic mass is 35.5. The van der Waals surface area contributed by atoms with Crippen molar-refractivity contribution in [2.45, 2.75) is 53.2 Å². The monoisotopic (exact) mass is 399 g/mol. The standard InChI is InChI=1S/C19H26ClNO6/c1-5-16(26-17(23)19(2,3)4)27-18(24)21-12-6-7-15(22)25-14-10-8-13(20)9-11-14/h8-11,16H,5-7,12H2,1-4H3,(H,21,24). The fourth-order valence-electron chi connectivity index (χ4n) is 1.76. The van der Waals surface area contributed by atoms with Gasteiger partial charge < -0.3 is 19.5 Å². The van der Waals surface area contributed by atoms with Gasteiger partial charge in [0.25, 0.3) is 0 Å². The Morgan fingerprint density at radius 1 is 1.11 bits per heavy atom. The maximum Gasteiger partial charge on any atom is 0.410 e. The summed E-state index contributed by atoms with van der Waals surface area (Å²) in [6, 6.07) is 6.44. The number of benzene rings is 1. The molecular weight excluding hydrogens is 374 g/mol. The van der Waals surface area contributed by atoms with Crippen LogP contribution in [0.15, 0.2) is 24.3 Å². The van der Waals surface area contributed by atoms with E-state index in [1.54, 1.807) is 52.0 Å². The summed E-state index contributed by atoms with van der Waals surface area (Å²) in [6.45, 7) is 7.10. The van der Waals surface area contributed by atoms with Gasteiger partial charge in [0.05, 0.1) is 5.41 Å². The van der Waals surface area contributed by atoms with Gasteiger partial charge in [0.15, 0.2) is 0 Å². The Morgan fingerprint density at radius 2 is 1.74 bits per heavy atom. The zero-order valence-corrected chi connectivity index (χ0v) is 16.8. The van der Waals surface area contributed by atoms with Gasteiger partial charge in [0.2, 0.25) is 6.29 Å². The molecule has 1 amide bonds. The predicted octanol–water partition coefficient (Wildman–Crippen LogP) is 4.08. The highest BCUT2D eigenvalue weighted by Crippen LogP contribution is 2.18. The molecule has 0 aromatic heterocycles. The lowest BCUT2D eigenvalue weighted by molar-refractivity contribution is -0.177. The topological polar surface area (TPSA) is 90.9 Å². The quantitative estimate of drug-likeness (QED) is 0.306. The Labute approximate surface area is 164 Å². The second-order valence-electron chi connectivity index (χ2n) is 6.86. The normalized spacial score (nSPS) is 12.0. The summed E-state index contributed by atoms with van der Waals surface area (Å²) >= 11 is 5.76. The lowest BCUT2D eigenvalue weighted by atomic mass is 9.97. The summed E-state index contributed by atoms with van der Waals surface area (Å²) in [4.78, 5) is 35.3. The summed E-state index contributed by atoms with van der Waals surface area (Å²) in [7, 11) is 0. The van der Waals surface area contributed by atoms with Crippen LogP contribution in [-0.4, -0.2) is 30.9 Å². The third-order valence-electron chi connectivity index (χ3n) is 3.30. The van der Waals surface area contributed by atoms with Gasteiger partial charge in [-0.05, 0) is 51.5 Å². The van der Waals surface area contributed by atoms with Gasteiger partial charge in [-0.15, -0.1) is 0 Å². The van der Waals surface area contributed by atoms with Gasteiger partial charge in [-0.1, -0.05) is 18.5 Å². The first kappa shape index (κ1) is 22.8. The number of carbonyl (C=O) groups excluding carboxylic acids is 3. The number of rotatable bonds is 8. The number of ether oxygens (including phenoxy) is 3. The van der Waals surface area contributed by atoms with Crippen LogP contribution >= 0.6 is 11.6 Å². The molecule has 0 heterocycles. The van der Waals surface area contributed by atoms with Crippen molar-refractivity contribution in [3.8, 4) is 5.75 Å². The fourth-order valence-corrected chi connectivity index (χ4v) is 1.88. The van der Waals surface area contributed by atoms with E-state index in [0.717, 1.165) is 0 Å². The Balaban J connectivity index is 2.26. The molecule has 1 aromatic carbocycles. The van der Waals surface area contributed by atoms with E-state index in [4.69, 9.17) is 25.8 Å². The Hall–Kier alpha value is -2.28. The molecule has 0 aliphatic rings. The number of alkyl carbamates (subject to hydrolysis) is 1. The van der Waals surface area contributed by atoms with Crippen molar-refractivity contribution in [2.75, 3.05) is 6.54 Å². The van der Waals surface area contributed by atoms with Crippen LogP contribution in [0, 0.1) is 5.41 Å². The van der Waals surface area contributed by atoms with Gasteiger partial charge in [-0.3, -0.25) is 9.59 Å². The molecule has 1 atom stereocenters. The van der Waals surface area contributed by atoms with Gasteiger partial charge in [-0.2, -0.15) is 0 Å². The van der Waals surface area contributed by atoms with E-state index in [1.165, 1.54) is 0 Å². The Morgan fingerprint density at radius 3 is 2.30 bits per heavy atom. The van der Waals surface area contributed by atoms with Crippen LogP contribution in [0.5, 0.6) is 5.75 Å². The van der Waals surface area contributed by atoms with Crippen LogP contribution in [0.25, 0.3) is 0 Å². The molecule has 0 saturated carbocycles. The number of esters is 2. The van der Waals surface area contributed by atoms with E-state index in [0.29, 0.717) is 23.6 Å². The van der Waals surface area contributed by atoms with Crippen molar-refractivity contribution in [3.63, 3.8) is 0 Å². The third kappa shape index (κ3) is 9.28. The van der Waals surface area contributed by atoms with Crippen LogP contribution in [0.3, 0.4) is 0 Å². The molecule has 0 saturated heterocycles. The molecule has 1 N–H and O–H groups in total. The number of nitrogens with one attached hydrogen (secondary N) is 1. The molecule has 0 bridgehead atoms. The van der Waals surface area contributed by atoms with Gasteiger partial charge in [0.1, 0.15) is 5.75 Å². The first-order valence-electron chi connectivity index (χ1n) is 8.73. The SMILES string of the molecule is CCC(OC(=O)NCCCC(=O)Oc1ccc(Cl)cc1)OC(=O)C(C)(C)C.